The highest BCUT2D eigenvalue weighted by Gasteiger charge is 2.21. The Bertz CT molecular complexity index is 832. The quantitative estimate of drug-likeness (QED) is 0.856. The molecule has 2 aromatic heterocycles. The maximum atomic E-state index is 12.4. The van der Waals surface area contributed by atoms with Crippen LogP contribution in [0.4, 0.5) is 5.13 Å². The Labute approximate surface area is 135 Å². The molecule has 1 atom stereocenters. The summed E-state index contributed by atoms with van der Waals surface area (Å²) >= 11 is 1.27. The molecule has 23 heavy (non-hydrogen) atoms. The van der Waals surface area contributed by atoms with E-state index in [1.54, 1.807) is 12.3 Å². The maximum absolute atomic E-state index is 12.4. The number of aromatic nitrogens is 3. The van der Waals surface area contributed by atoms with Gasteiger partial charge in [-0.05, 0) is 19.8 Å². The predicted molar refractivity (Wildman–Crippen MR) is 85.1 cm³/mol. The molecule has 1 aliphatic heterocycles. The van der Waals surface area contributed by atoms with Gasteiger partial charge in [0, 0.05) is 18.2 Å². The van der Waals surface area contributed by atoms with Gasteiger partial charge in [0.2, 0.25) is 0 Å². The molecule has 0 spiro atoms. The lowest BCUT2D eigenvalue weighted by atomic mass is 10.2. The number of carbonyl (C=O) groups excluding carboxylic acids is 1. The topological polar surface area (TPSA) is 106 Å². The fourth-order valence-corrected chi connectivity index (χ4v) is 3.09. The molecule has 0 aliphatic carbocycles. The highest BCUT2D eigenvalue weighted by molar-refractivity contribution is 7.13. The Hall–Kier alpha value is -2.26. The van der Waals surface area contributed by atoms with Gasteiger partial charge in [0.1, 0.15) is 5.56 Å². The number of hydrogen-bond acceptors (Lipinski definition) is 6. The maximum Gasteiger partial charge on any atom is 0.328 e. The summed E-state index contributed by atoms with van der Waals surface area (Å²) in [5.74, 6) is -0.596. The average Bonchev–Trinajstić information content (AvgIpc) is 3.15. The average molecular weight is 336 g/mol. The van der Waals surface area contributed by atoms with Gasteiger partial charge in [-0.15, -0.1) is 11.3 Å². The van der Waals surface area contributed by atoms with Gasteiger partial charge in [-0.1, -0.05) is 0 Å². The molecule has 3 rings (SSSR count). The molecule has 122 valence electrons. The van der Waals surface area contributed by atoms with Crippen molar-refractivity contribution >= 4 is 22.4 Å². The van der Waals surface area contributed by atoms with E-state index < -0.39 is 17.2 Å². The molecule has 1 aliphatic rings. The van der Waals surface area contributed by atoms with Crippen molar-refractivity contribution in [2.24, 2.45) is 0 Å². The normalized spacial score (nSPS) is 17.3. The first kappa shape index (κ1) is 15.6. The van der Waals surface area contributed by atoms with Crippen LogP contribution >= 0.6 is 11.3 Å². The zero-order valence-corrected chi connectivity index (χ0v) is 13.3. The van der Waals surface area contributed by atoms with E-state index in [0.717, 1.165) is 29.3 Å². The third kappa shape index (κ3) is 3.40. The van der Waals surface area contributed by atoms with E-state index in [4.69, 9.17) is 4.74 Å². The minimum absolute atomic E-state index is 0.129. The van der Waals surface area contributed by atoms with Gasteiger partial charge in [0.05, 0.1) is 18.3 Å². The number of amides is 1. The summed E-state index contributed by atoms with van der Waals surface area (Å²) in [5, 5.41) is 4.76. The number of aryl methyl sites for hydroxylation is 1. The second-order valence-electron chi connectivity index (χ2n) is 5.31. The van der Waals surface area contributed by atoms with Crippen molar-refractivity contribution in [2.45, 2.75) is 32.4 Å². The van der Waals surface area contributed by atoms with E-state index in [0.29, 0.717) is 11.7 Å². The third-order valence-electron chi connectivity index (χ3n) is 3.55. The van der Waals surface area contributed by atoms with Crippen LogP contribution in [0.15, 0.2) is 21.2 Å². The zero-order chi connectivity index (χ0) is 16.4. The van der Waals surface area contributed by atoms with Gasteiger partial charge in [0.15, 0.2) is 5.13 Å². The Kier molecular flexibility index (Phi) is 4.39. The molecule has 0 bridgehead atoms. The summed E-state index contributed by atoms with van der Waals surface area (Å²) in [5.41, 5.74) is -0.528. The number of nitrogens with zero attached hydrogens (tertiary/aromatic N) is 2. The molecule has 1 unspecified atom stereocenters. The number of carbonyl (C=O) groups is 1. The molecule has 9 heteroatoms. The van der Waals surface area contributed by atoms with Gasteiger partial charge in [0.25, 0.3) is 11.5 Å². The van der Waals surface area contributed by atoms with E-state index in [1.807, 2.05) is 0 Å². The van der Waals surface area contributed by atoms with E-state index in [-0.39, 0.29) is 18.2 Å². The van der Waals surface area contributed by atoms with Gasteiger partial charge in [-0.2, -0.15) is 0 Å². The second kappa shape index (κ2) is 6.47. The summed E-state index contributed by atoms with van der Waals surface area (Å²) in [6, 6.07) is 0. The van der Waals surface area contributed by atoms with Crippen molar-refractivity contribution < 1.29 is 9.53 Å². The minimum Gasteiger partial charge on any atom is -0.376 e. The molecule has 0 aromatic carbocycles. The van der Waals surface area contributed by atoms with Crippen LogP contribution in [0.5, 0.6) is 0 Å². The van der Waals surface area contributed by atoms with Crippen molar-refractivity contribution in [3.8, 4) is 0 Å². The molecule has 3 heterocycles. The SMILES string of the molecule is Cc1csc(NC(=O)c2c[nH]c(=O)n(CC3CCCO3)c2=O)n1. The Balaban J connectivity index is 1.85. The zero-order valence-electron chi connectivity index (χ0n) is 12.5. The molecule has 1 amide bonds. The number of ether oxygens (including phenoxy) is 1. The summed E-state index contributed by atoms with van der Waals surface area (Å²) in [7, 11) is 0. The van der Waals surface area contributed by atoms with Crippen LogP contribution < -0.4 is 16.6 Å². The number of aromatic amines is 1. The van der Waals surface area contributed by atoms with Crippen molar-refractivity contribution in [2.75, 3.05) is 11.9 Å². The van der Waals surface area contributed by atoms with Crippen LogP contribution in [0.2, 0.25) is 0 Å². The molecule has 1 fully saturated rings. The number of anilines is 1. The lowest BCUT2D eigenvalue weighted by Gasteiger charge is -2.11. The van der Waals surface area contributed by atoms with Gasteiger partial charge in [-0.25, -0.2) is 9.78 Å². The number of H-pyrrole nitrogens is 1. The molecule has 1 saturated heterocycles. The van der Waals surface area contributed by atoms with Gasteiger partial charge < -0.3 is 9.72 Å². The highest BCUT2D eigenvalue weighted by Crippen LogP contribution is 2.15. The van der Waals surface area contributed by atoms with Crippen LogP contribution in [0.25, 0.3) is 0 Å². The first-order chi connectivity index (χ1) is 11.0. The first-order valence-electron chi connectivity index (χ1n) is 7.22. The smallest absolute Gasteiger partial charge is 0.328 e. The van der Waals surface area contributed by atoms with Crippen LogP contribution in [0.3, 0.4) is 0 Å². The lowest BCUT2D eigenvalue weighted by Crippen LogP contribution is -2.41. The summed E-state index contributed by atoms with van der Waals surface area (Å²) < 4.78 is 6.46. The predicted octanol–water partition coefficient (Wildman–Crippen LogP) is 0.733. The van der Waals surface area contributed by atoms with Crippen molar-refractivity contribution in [1.29, 1.82) is 0 Å². The van der Waals surface area contributed by atoms with Crippen LogP contribution in [0.1, 0.15) is 28.9 Å². The summed E-state index contributed by atoms with van der Waals surface area (Å²) in [6.45, 7) is 2.58. The summed E-state index contributed by atoms with van der Waals surface area (Å²) in [4.78, 5) is 43.1. The monoisotopic (exact) mass is 336 g/mol. The second-order valence-corrected chi connectivity index (χ2v) is 6.16. The Morgan fingerprint density at radius 2 is 2.39 bits per heavy atom. The van der Waals surface area contributed by atoms with E-state index in [1.165, 1.54) is 11.3 Å². The molecule has 0 radical (unpaired) electrons. The minimum atomic E-state index is -0.630. The highest BCUT2D eigenvalue weighted by atomic mass is 32.1. The van der Waals surface area contributed by atoms with Crippen molar-refractivity contribution in [3.63, 3.8) is 0 Å². The molecular formula is C14H16N4O4S. The number of thiazole rings is 1. The molecule has 0 saturated carbocycles. The number of hydrogen-bond donors (Lipinski definition) is 2. The van der Waals surface area contributed by atoms with Gasteiger partial charge >= 0.3 is 5.69 Å². The van der Waals surface area contributed by atoms with Crippen molar-refractivity contribution in [1.82, 2.24) is 14.5 Å². The van der Waals surface area contributed by atoms with Crippen LogP contribution in [-0.2, 0) is 11.3 Å². The lowest BCUT2D eigenvalue weighted by molar-refractivity contribution is 0.0941. The van der Waals surface area contributed by atoms with Crippen LogP contribution in [-0.4, -0.2) is 33.2 Å². The molecular weight excluding hydrogens is 320 g/mol. The van der Waals surface area contributed by atoms with Crippen molar-refractivity contribution in [3.05, 3.63) is 43.7 Å². The third-order valence-corrected chi connectivity index (χ3v) is 4.43. The molecule has 2 aromatic rings. The Morgan fingerprint density at radius 1 is 1.57 bits per heavy atom. The number of rotatable bonds is 4. The van der Waals surface area contributed by atoms with Crippen LogP contribution in [0, 0.1) is 6.92 Å². The molecule has 2 N–H and O–H groups in total. The van der Waals surface area contributed by atoms with E-state index >= 15 is 0 Å². The first-order valence-corrected chi connectivity index (χ1v) is 8.10. The van der Waals surface area contributed by atoms with E-state index in [2.05, 4.69) is 15.3 Å². The largest absolute Gasteiger partial charge is 0.376 e. The molecule has 8 nitrogen and oxygen atoms in total. The fraction of sp³-hybridized carbons (Fsp3) is 0.429. The standard InChI is InChI=1S/C14H16N4O4S/c1-8-7-23-13(16-8)17-11(19)10-5-15-14(21)18(12(10)20)6-9-3-2-4-22-9/h5,7,9H,2-4,6H2,1H3,(H,15,21)(H,16,17,19). The van der Waals surface area contributed by atoms with E-state index in [9.17, 15) is 14.4 Å². The van der Waals surface area contributed by atoms with Gasteiger partial charge in [-0.3, -0.25) is 19.5 Å². The number of nitrogens with one attached hydrogen (secondary N) is 2. The fourth-order valence-electron chi connectivity index (χ4n) is 2.41. The Morgan fingerprint density at radius 3 is 3.04 bits per heavy atom. The summed E-state index contributed by atoms with van der Waals surface area (Å²) in [6.07, 6.45) is 2.65.